The summed E-state index contributed by atoms with van der Waals surface area (Å²) in [5, 5.41) is 43.5. The van der Waals surface area contributed by atoms with Crippen LogP contribution >= 0.6 is 12.4 Å². The summed E-state index contributed by atoms with van der Waals surface area (Å²) in [5.74, 6) is 1.36. The predicted molar refractivity (Wildman–Crippen MR) is 198 cm³/mol. The highest BCUT2D eigenvalue weighted by molar-refractivity contribution is 6.06. The maximum absolute atomic E-state index is 11.3. The first-order valence-corrected chi connectivity index (χ1v) is 15.6. The molecule has 3 heterocycles. The van der Waals surface area contributed by atoms with E-state index in [9.17, 15) is 15.3 Å². The minimum atomic E-state index is -0.322. The van der Waals surface area contributed by atoms with Crippen molar-refractivity contribution in [2.45, 2.75) is 0 Å². The summed E-state index contributed by atoms with van der Waals surface area (Å²) < 4.78 is 0. The lowest BCUT2D eigenvalue weighted by atomic mass is 10.0. The number of aliphatic imine (C=N–C) groups is 6. The zero-order valence-electron chi connectivity index (χ0n) is 26.3. The lowest BCUT2D eigenvalue weighted by Gasteiger charge is -2.09. The van der Waals surface area contributed by atoms with Gasteiger partial charge in [-0.2, -0.15) is 0 Å². The van der Waals surface area contributed by atoms with Crippen molar-refractivity contribution >= 4 is 64.7 Å². The van der Waals surface area contributed by atoms with Crippen LogP contribution in [-0.4, -0.2) is 89.8 Å². The van der Waals surface area contributed by atoms with Crippen LogP contribution < -0.4 is 16.0 Å². The van der Waals surface area contributed by atoms with Crippen LogP contribution in [0.3, 0.4) is 0 Å². The van der Waals surface area contributed by atoms with Gasteiger partial charge in [0.15, 0.2) is 0 Å². The van der Waals surface area contributed by atoms with E-state index < -0.39 is 0 Å². The molecule has 0 amide bonds. The fourth-order valence-electron chi connectivity index (χ4n) is 5.52. The van der Waals surface area contributed by atoms with Crippen LogP contribution in [0.4, 0.5) is 17.1 Å². The Bertz CT molecular complexity index is 1830. The van der Waals surface area contributed by atoms with Crippen LogP contribution in [0, 0.1) is 0 Å². The zero-order valence-corrected chi connectivity index (χ0v) is 27.2. The summed E-state index contributed by atoms with van der Waals surface area (Å²) in [5.41, 5.74) is 4.80. The van der Waals surface area contributed by atoms with E-state index in [4.69, 9.17) is 0 Å². The molecule has 4 aromatic rings. The fraction of sp³-hybridized carbons (Fsp3) is 0.167. The first kappa shape index (κ1) is 32.9. The zero-order chi connectivity index (χ0) is 32.9. The van der Waals surface area contributed by atoms with Gasteiger partial charge >= 0.3 is 0 Å². The van der Waals surface area contributed by atoms with Crippen molar-refractivity contribution in [2.75, 3.05) is 39.3 Å². The maximum Gasteiger partial charge on any atom is 0.218 e. The van der Waals surface area contributed by atoms with Crippen molar-refractivity contribution in [3.8, 4) is 0 Å². The Morgan fingerprint density at radius 1 is 0.469 bits per heavy atom. The van der Waals surface area contributed by atoms with Crippen LogP contribution in [0.2, 0.25) is 0 Å². The van der Waals surface area contributed by atoms with Gasteiger partial charge in [0.1, 0.15) is 17.5 Å². The van der Waals surface area contributed by atoms with Gasteiger partial charge in [-0.1, -0.05) is 36.4 Å². The largest absolute Gasteiger partial charge is 0.493 e. The summed E-state index contributed by atoms with van der Waals surface area (Å²) in [6.45, 7) is 4.41. The van der Waals surface area contributed by atoms with Crippen LogP contribution in [0.25, 0.3) is 0 Å². The average Bonchev–Trinajstić information content (AvgIpc) is 3.93. The van der Waals surface area contributed by atoms with Gasteiger partial charge in [0.25, 0.3) is 0 Å². The molecule has 0 saturated heterocycles. The van der Waals surface area contributed by atoms with Gasteiger partial charge in [0, 0.05) is 53.0 Å². The van der Waals surface area contributed by atoms with Crippen molar-refractivity contribution in [2.24, 2.45) is 30.0 Å². The molecule has 0 bridgehead atoms. The van der Waals surface area contributed by atoms with E-state index in [0.29, 0.717) is 36.7 Å². The molecule has 0 aromatic heterocycles. The van der Waals surface area contributed by atoms with Crippen molar-refractivity contribution in [1.82, 2.24) is 16.0 Å². The molecular formula is C36H34ClN9O3. The van der Waals surface area contributed by atoms with Crippen LogP contribution in [-0.2, 0) is 0 Å². The van der Waals surface area contributed by atoms with Crippen LogP contribution in [0.15, 0.2) is 121 Å². The van der Waals surface area contributed by atoms with Gasteiger partial charge in [0.05, 0.1) is 36.7 Å². The smallest absolute Gasteiger partial charge is 0.218 e. The summed E-state index contributed by atoms with van der Waals surface area (Å²) in [6.07, 6.45) is 0. The number of aliphatic hydroxyl groups excluding tert-OH is 3. The highest BCUT2D eigenvalue weighted by Crippen LogP contribution is 2.22. The summed E-state index contributed by atoms with van der Waals surface area (Å²) in [4.78, 5) is 26.7. The maximum atomic E-state index is 11.3. The lowest BCUT2D eigenvalue weighted by molar-refractivity contribution is 0.551. The third-order valence-electron chi connectivity index (χ3n) is 7.79. The number of rotatable bonds is 9. The molecule has 3 aliphatic heterocycles. The topological polar surface area (TPSA) is 171 Å². The monoisotopic (exact) mass is 675 g/mol. The molecule has 0 atom stereocenters. The second-order valence-electron chi connectivity index (χ2n) is 11.2. The SMILES string of the molecule is Cl.OC(=Nc1cccc(C2=NCCN2)c1)c1cc(C(O)=Nc2cccc(C3=NCCN3)c2)cc(C(O)=Nc2cccc(C3=NCCN3)c2)c1. The minimum Gasteiger partial charge on any atom is -0.493 e. The number of amidine groups is 3. The van der Waals surface area contributed by atoms with Gasteiger partial charge in [-0.3, -0.25) is 15.0 Å². The Labute approximate surface area is 289 Å². The van der Waals surface area contributed by atoms with Crippen molar-refractivity contribution in [1.29, 1.82) is 0 Å². The molecule has 7 rings (SSSR count). The number of nitrogens with one attached hydrogen (secondary N) is 3. The lowest BCUT2D eigenvalue weighted by Crippen LogP contribution is -2.19. The normalized spacial score (nSPS) is 16.2. The average molecular weight is 676 g/mol. The molecule has 13 heteroatoms. The quantitative estimate of drug-likeness (QED) is 0.107. The van der Waals surface area contributed by atoms with Crippen LogP contribution in [0.1, 0.15) is 33.4 Å². The molecule has 6 N–H and O–H groups in total. The molecule has 248 valence electrons. The van der Waals surface area contributed by atoms with Gasteiger partial charge < -0.3 is 31.3 Å². The number of hydrogen-bond acceptors (Lipinski definition) is 9. The van der Waals surface area contributed by atoms with Gasteiger partial charge in [-0.15, -0.1) is 12.4 Å². The van der Waals surface area contributed by atoms with E-state index in [1.807, 2.05) is 54.6 Å². The molecule has 0 radical (unpaired) electrons. The Hall–Kier alpha value is -6.01. The molecule has 49 heavy (non-hydrogen) atoms. The van der Waals surface area contributed by atoms with E-state index in [-0.39, 0.29) is 46.8 Å². The number of aliphatic hydroxyl groups is 3. The predicted octanol–water partition coefficient (Wildman–Crippen LogP) is 5.07. The molecular weight excluding hydrogens is 642 g/mol. The van der Waals surface area contributed by atoms with Gasteiger partial charge in [0.2, 0.25) is 17.7 Å². The van der Waals surface area contributed by atoms with Crippen molar-refractivity contribution in [3.63, 3.8) is 0 Å². The number of hydrogen-bond donors (Lipinski definition) is 6. The van der Waals surface area contributed by atoms with E-state index in [1.54, 1.807) is 36.4 Å². The Morgan fingerprint density at radius 2 is 0.776 bits per heavy atom. The number of benzene rings is 4. The van der Waals surface area contributed by atoms with E-state index >= 15 is 0 Å². The Morgan fingerprint density at radius 3 is 1.04 bits per heavy atom. The molecule has 0 aliphatic carbocycles. The molecule has 0 saturated carbocycles. The third-order valence-corrected chi connectivity index (χ3v) is 7.79. The van der Waals surface area contributed by atoms with E-state index in [0.717, 1.165) is 53.8 Å². The second kappa shape index (κ2) is 14.8. The molecule has 0 spiro atoms. The molecule has 3 aliphatic rings. The van der Waals surface area contributed by atoms with Crippen molar-refractivity contribution in [3.05, 3.63) is 124 Å². The van der Waals surface area contributed by atoms with Crippen LogP contribution in [0.5, 0.6) is 0 Å². The number of nitrogens with zero attached hydrogens (tertiary/aromatic N) is 6. The molecule has 0 fully saturated rings. The summed E-state index contributed by atoms with van der Waals surface area (Å²) >= 11 is 0. The third kappa shape index (κ3) is 7.77. The first-order valence-electron chi connectivity index (χ1n) is 15.6. The highest BCUT2D eigenvalue weighted by atomic mass is 35.5. The molecule has 4 aromatic carbocycles. The Kier molecular flexibility index (Phi) is 9.96. The first-order chi connectivity index (χ1) is 23.5. The molecule has 12 nitrogen and oxygen atoms in total. The minimum absolute atomic E-state index is 0. The van der Waals surface area contributed by atoms with E-state index in [2.05, 4.69) is 45.9 Å². The fourth-order valence-corrected chi connectivity index (χ4v) is 5.52. The van der Waals surface area contributed by atoms with Gasteiger partial charge in [-0.05, 0) is 54.6 Å². The molecule has 0 unspecified atom stereocenters. The number of halogens is 1. The van der Waals surface area contributed by atoms with Crippen molar-refractivity contribution < 1.29 is 15.3 Å². The Balaban J connectivity index is 0.00000417. The summed E-state index contributed by atoms with van der Waals surface area (Å²) in [7, 11) is 0. The highest BCUT2D eigenvalue weighted by Gasteiger charge is 2.16. The summed E-state index contributed by atoms with van der Waals surface area (Å²) in [6, 6.07) is 26.7. The second-order valence-corrected chi connectivity index (χ2v) is 11.2. The van der Waals surface area contributed by atoms with Gasteiger partial charge in [-0.25, -0.2) is 15.0 Å². The standard InChI is InChI=1S/C36H33N9O3.ClH/c46-34(43-28-7-1-4-22(19-28)31-37-10-11-38-31)25-16-26(35(47)44-29-8-2-5-23(20-29)32-39-12-13-40-32)18-27(17-25)36(48)45-30-9-3-6-24(21-30)33-41-14-15-42-33;/h1-9,16-21H,10-15H2,(H,37,38)(H,39,40)(H,41,42)(H,43,46)(H,44,47)(H,45,48);1H. The van der Waals surface area contributed by atoms with E-state index in [1.165, 1.54) is 0 Å².